The van der Waals surface area contributed by atoms with Crippen LogP contribution in [0.2, 0.25) is 0 Å². The maximum Gasteiger partial charge on any atom is 0.254 e. The first kappa shape index (κ1) is 18.6. The van der Waals surface area contributed by atoms with Crippen LogP contribution in [0.15, 0.2) is 78.9 Å². The lowest BCUT2D eigenvalue weighted by Crippen LogP contribution is -2.40. The number of morpholine rings is 1. The van der Waals surface area contributed by atoms with Crippen molar-refractivity contribution in [2.75, 3.05) is 26.3 Å². The zero-order valence-corrected chi connectivity index (χ0v) is 16.7. The Morgan fingerprint density at radius 1 is 0.900 bits per heavy atom. The van der Waals surface area contributed by atoms with Crippen LogP contribution in [0, 0.1) is 0 Å². The minimum atomic E-state index is 0.0499. The highest BCUT2D eigenvalue weighted by Crippen LogP contribution is 2.27. The molecule has 0 aliphatic carbocycles. The summed E-state index contributed by atoms with van der Waals surface area (Å²) in [5, 5.41) is 0. The van der Waals surface area contributed by atoms with Crippen LogP contribution in [0.1, 0.15) is 15.9 Å². The summed E-state index contributed by atoms with van der Waals surface area (Å²) < 4.78 is 7.59. The van der Waals surface area contributed by atoms with E-state index < -0.39 is 0 Å². The number of carbonyl (C=O) groups excluding carboxylic acids is 1. The average molecular weight is 397 g/mol. The smallest absolute Gasteiger partial charge is 0.254 e. The molecular weight excluding hydrogens is 374 g/mol. The van der Waals surface area contributed by atoms with Crippen molar-refractivity contribution in [2.24, 2.45) is 0 Å². The van der Waals surface area contributed by atoms with Gasteiger partial charge in [-0.1, -0.05) is 60.7 Å². The fraction of sp³-hybridized carbons (Fsp3) is 0.200. The normalized spacial score (nSPS) is 14.2. The van der Waals surface area contributed by atoms with Gasteiger partial charge in [0.15, 0.2) is 0 Å². The van der Waals surface area contributed by atoms with Crippen LogP contribution in [0.5, 0.6) is 0 Å². The van der Waals surface area contributed by atoms with Gasteiger partial charge in [0.1, 0.15) is 5.82 Å². The summed E-state index contributed by atoms with van der Waals surface area (Å²) in [4.78, 5) is 19.8. The van der Waals surface area contributed by atoms with Crippen LogP contribution in [0.25, 0.3) is 22.4 Å². The predicted octanol–water partition coefficient (Wildman–Crippen LogP) is 4.22. The van der Waals surface area contributed by atoms with E-state index in [-0.39, 0.29) is 5.91 Å². The number of nitrogens with zero attached hydrogens (tertiary/aromatic N) is 3. The number of benzene rings is 3. The van der Waals surface area contributed by atoms with Crippen molar-refractivity contribution in [1.82, 2.24) is 14.5 Å². The number of imidazole rings is 1. The maximum atomic E-state index is 13.0. The Kier molecular flexibility index (Phi) is 5.03. The van der Waals surface area contributed by atoms with Crippen LogP contribution in [-0.2, 0) is 11.3 Å². The molecule has 0 saturated carbocycles. The van der Waals surface area contributed by atoms with Gasteiger partial charge in [-0.3, -0.25) is 4.79 Å². The SMILES string of the molecule is O=C(c1ccc2nc(-c3ccccc3)n(Cc3ccccc3)c2c1)N1CCOCC1. The number of amides is 1. The monoisotopic (exact) mass is 397 g/mol. The second kappa shape index (κ2) is 8.13. The van der Waals surface area contributed by atoms with Gasteiger partial charge in [0.25, 0.3) is 5.91 Å². The predicted molar refractivity (Wildman–Crippen MR) is 117 cm³/mol. The summed E-state index contributed by atoms with van der Waals surface area (Å²) in [5.74, 6) is 0.958. The summed E-state index contributed by atoms with van der Waals surface area (Å²) in [6.07, 6.45) is 0. The van der Waals surface area contributed by atoms with Crippen molar-refractivity contribution in [3.63, 3.8) is 0 Å². The Bertz CT molecular complexity index is 1160. The lowest BCUT2D eigenvalue weighted by atomic mass is 10.1. The summed E-state index contributed by atoms with van der Waals surface area (Å²) in [6, 6.07) is 26.4. The molecule has 5 heteroatoms. The van der Waals surface area contributed by atoms with E-state index in [9.17, 15) is 4.79 Å². The van der Waals surface area contributed by atoms with Gasteiger partial charge >= 0.3 is 0 Å². The first-order valence-electron chi connectivity index (χ1n) is 10.3. The Morgan fingerprint density at radius 2 is 1.60 bits per heavy atom. The van der Waals surface area contributed by atoms with E-state index in [0.29, 0.717) is 38.4 Å². The topological polar surface area (TPSA) is 47.4 Å². The van der Waals surface area contributed by atoms with Crippen molar-refractivity contribution in [2.45, 2.75) is 6.54 Å². The zero-order chi connectivity index (χ0) is 20.3. The van der Waals surface area contributed by atoms with Gasteiger partial charge in [-0.15, -0.1) is 0 Å². The molecule has 150 valence electrons. The third kappa shape index (κ3) is 3.60. The second-order valence-corrected chi connectivity index (χ2v) is 7.48. The second-order valence-electron chi connectivity index (χ2n) is 7.48. The molecule has 4 aromatic rings. The van der Waals surface area contributed by atoms with E-state index in [0.717, 1.165) is 22.4 Å². The van der Waals surface area contributed by atoms with Gasteiger partial charge in [-0.2, -0.15) is 0 Å². The highest BCUT2D eigenvalue weighted by atomic mass is 16.5. The highest BCUT2D eigenvalue weighted by molar-refractivity contribution is 5.98. The molecule has 5 nitrogen and oxygen atoms in total. The molecule has 2 heterocycles. The van der Waals surface area contributed by atoms with Crippen LogP contribution in [-0.4, -0.2) is 46.7 Å². The van der Waals surface area contributed by atoms with Gasteiger partial charge in [0, 0.05) is 30.8 Å². The Morgan fingerprint density at radius 3 is 2.33 bits per heavy atom. The molecule has 1 aliphatic rings. The van der Waals surface area contributed by atoms with E-state index in [1.54, 1.807) is 0 Å². The molecule has 3 aromatic carbocycles. The number of hydrogen-bond acceptors (Lipinski definition) is 3. The molecular formula is C25H23N3O2. The third-order valence-electron chi connectivity index (χ3n) is 5.51. The van der Waals surface area contributed by atoms with E-state index in [4.69, 9.17) is 9.72 Å². The fourth-order valence-corrected chi connectivity index (χ4v) is 3.94. The Balaban J connectivity index is 1.61. The Labute approximate surface area is 175 Å². The highest BCUT2D eigenvalue weighted by Gasteiger charge is 2.20. The lowest BCUT2D eigenvalue weighted by molar-refractivity contribution is 0.0303. The maximum absolute atomic E-state index is 13.0. The van der Waals surface area contributed by atoms with Gasteiger partial charge < -0.3 is 14.2 Å². The standard InChI is InChI=1S/C25H23N3O2/c29-25(27-13-15-30-16-14-27)21-11-12-22-23(17-21)28(18-19-7-3-1-4-8-19)24(26-22)20-9-5-2-6-10-20/h1-12,17H,13-16,18H2. The number of ether oxygens (including phenoxy) is 1. The molecule has 5 rings (SSSR count). The van der Waals surface area contributed by atoms with Gasteiger partial charge in [0.05, 0.1) is 24.2 Å². The molecule has 1 saturated heterocycles. The average Bonchev–Trinajstić information content (AvgIpc) is 3.18. The molecule has 0 atom stereocenters. The fourth-order valence-electron chi connectivity index (χ4n) is 3.94. The van der Waals surface area contributed by atoms with Crippen molar-refractivity contribution in [3.05, 3.63) is 90.0 Å². The van der Waals surface area contributed by atoms with Crippen LogP contribution >= 0.6 is 0 Å². The number of carbonyl (C=O) groups is 1. The van der Waals surface area contributed by atoms with Gasteiger partial charge in [-0.05, 0) is 23.8 Å². The van der Waals surface area contributed by atoms with Crippen LogP contribution < -0.4 is 0 Å². The summed E-state index contributed by atoms with van der Waals surface area (Å²) in [6.45, 7) is 3.15. The quantitative estimate of drug-likeness (QED) is 0.518. The van der Waals surface area contributed by atoms with E-state index in [1.165, 1.54) is 5.56 Å². The summed E-state index contributed by atoms with van der Waals surface area (Å²) in [5.41, 5.74) is 4.81. The molecule has 0 spiro atoms. The zero-order valence-electron chi connectivity index (χ0n) is 16.7. The van der Waals surface area contributed by atoms with Crippen molar-refractivity contribution in [3.8, 4) is 11.4 Å². The molecule has 0 unspecified atom stereocenters. The molecule has 0 radical (unpaired) electrons. The van der Waals surface area contributed by atoms with E-state index in [2.05, 4.69) is 28.8 Å². The van der Waals surface area contributed by atoms with E-state index >= 15 is 0 Å². The third-order valence-corrected chi connectivity index (χ3v) is 5.51. The molecule has 1 fully saturated rings. The summed E-state index contributed by atoms with van der Waals surface area (Å²) in [7, 11) is 0. The van der Waals surface area contributed by atoms with E-state index in [1.807, 2.05) is 59.5 Å². The van der Waals surface area contributed by atoms with Crippen molar-refractivity contribution < 1.29 is 9.53 Å². The molecule has 0 N–H and O–H groups in total. The largest absolute Gasteiger partial charge is 0.378 e. The first-order chi connectivity index (χ1) is 14.8. The number of fused-ring (bicyclic) bond motifs is 1. The lowest BCUT2D eigenvalue weighted by Gasteiger charge is -2.26. The molecule has 1 aliphatic heterocycles. The minimum Gasteiger partial charge on any atom is -0.378 e. The number of hydrogen-bond donors (Lipinski definition) is 0. The van der Waals surface area contributed by atoms with Gasteiger partial charge in [-0.25, -0.2) is 4.98 Å². The van der Waals surface area contributed by atoms with Crippen LogP contribution in [0.3, 0.4) is 0 Å². The van der Waals surface area contributed by atoms with Gasteiger partial charge in [0.2, 0.25) is 0 Å². The van der Waals surface area contributed by atoms with Crippen molar-refractivity contribution >= 4 is 16.9 Å². The first-order valence-corrected chi connectivity index (χ1v) is 10.3. The van der Waals surface area contributed by atoms with Crippen molar-refractivity contribution in [1.29, 1.82) is 0 Å². The van der Waals surface area contributed by atoms with Crippen LogP contribution in [0.4, 0.5) is 0 Å². The number of aromatic nitrogens is 2. The minimum absolute atomic E-state index is 0.0499. The molecule has 0 bridgehead atoms. The Hall–Kier alpha value is -3.44. The molecule has 1 aromatic heterocycles. The summed E-state index contributed by atoms with van der Waals surface area (Å²) >= 11 is 0. The number of rotatable bonds is 4. The molecule has 30 heavy (non-hydrogen) atoms. The molecule has 1 amide bonds.